The summed E-state index contributed by atoms with van der Waals surface area (Å²) in [5.74, 6) is -0.276. The number of para-hydroxylation sites is 2. The van der Waals surface area contributed by atoms with E-state index in [-0.39, 0.29) is 17.7 Å². The summed E-state index contributed by atoms with van der Waals surface area (Å²) in [6, 6.07) is 27.7. The number of hydrogen-bond acceptors (Lipinski definition) is 3. The lowest BCUT2D eigenvalue weighted by molar-refractivity contribution is -0.122. The van der Waals surface area contributed by atoms with Crippen LogP contribution in [0.25, 0.3) is 16.9 Å². The number of amides is 2. The molecule has 0 radical (unpaired) electrons. The summed E-state index contributed by atoms with van der Waals surface area (Å²) >= 11 is 0. The Morgan fingerprint density at radius 2 is 1.68 bits per heavy atom. The molecule has 0 spiro atoms. The summed E-state index contributed by atoms with van der Waals surface area (Å²) in [5, 5.41) is 10.8. The van der Waals surface area contributed by atoms with Gasteiger partial charge in [0.1, 0.15) is 0 Å². The minimum absolute atomic E-state index is 0.0120. The number of carbonyl (C=O) groups excluding carboxylic acids is 2. The number of anilines is 1. The van der Waals surface area contributed by atoms with Crippen molar-refractivity contribution in [2.24, 2.45) is 5.92 Å². The Hall–Kier alpha value is -4.19. The maximum absolute atomic E-state index is 12.7. The van der Waals surface area contributed by atoms with Crippen molar-refractivity contribution in [2.75, 3.05) is 5.32 Å². The topological polar surface area (TPSA) is 76.0 Å². The highest BCUT2D eigenvalue weighted by Gasteiger charge is 2.26. The van der Waals surface area contributed by atoms with Gasteiger partial charge >= 0.3 is 0 Å². The first kappa shape index (κ1) is 21.6. The molecule has 4 aromatic rings. The normalized spacial score (nSPS) is 14.8. The Bertz CT molecular complexity index is 1300. The minimum Gasteiger partial charge on any atom is -0.352 e. The van der Waals surface area contributed by atoms with E-state index < -0.39 is 0 Å². The number of rotatable bonds is 7. The van der Waals surface area contributed by atoms with Crippen molar-refractivity contribution >= 4 is 17.5 Å². The second-order valence-corrected chi connectivity index (χ2v) is 8.51. The maximum atomic E-state index is 12.7. The highest BCUT2D eigenvalue weighted by molar-refractivity contribution is 5.96. The van der Waals surface area contributed by atoms with Crippen LogP contribution in [-0.4, -0.2) is 21.6 Å². The number of aromatic nitrogens is 2. The van der Waals surface area contributed by atoms with E-state index in [1.807, 2.05) is 95.8 Å². The van der Waals surface area contributed by atoms with Crippen molar-refractivity contribution in [1.82, 2.24) is 15.1 Å². The Balaban J connectivity index is 1.25. The first-order valence-corrected chi connectivity index (χ1v) is 11.5. The van der Waals surface area contributed by atoms with Gasteiger partial charge in [0, 0.05) is 41.9 Å². The van der Waals surface area contributed by atoms with Gasteiger partial charge in [-0.1, -0.05) is 66.7 Å². The van der Waals surface area contributed by atoms with E-state index in [1.54, 1.807) is 0 Å². The molecule has 2 heterocycles. The molecular formula is C28H26N4O2. The predicted molar refractivity (Wildman–Crippen MR) is 132 cm³/mol. The zero-order valence-electron chi connectivity index (χ0n) is 18.8. The van der Waals surface area contributed by atoms with Crippen LogP contribution < -0.4 is 10.6 Å². The number of nitrogens with one attached hydrogen (secondary N) is 2. The predicted octanol–water partition coefficient (Wildman–Crippen LogP) is 4.75. The fourth-order valence-electron chi connectivity index (χ4n) is 4.32. The van der Waals surface area contributed by atoms with Crippen LogP contribution in [0.15, 0.2) is 91.1 Å². The molecule has 0 fully saturated rings. The molecule has 0 unspecified atom stereocenters. The molecule has 6 nitrogen and oxygen atoms in total. The Morgan fingerprint density at radius 1 is 0.971 bits per heavy atom. The molecule has 6 heteroatoms. The third kappa shape index (κ3) is 4.76. The van der Waals surface area contributed by atoms with E-state index in [0.717, 1.165) is 33.8 Å². The van der Waals surface area contributed by atoms with Crippen LogP contribution in [0, 0.1) is 5.92 Å². The van der Waals surface area contributed by atoms with Crippen molar-refractivity contribution in [1.29, 1.82) is 0 Å². The number of carbonyl (C=O) groups is 2. The van der Waals surface area contributed by atoms with E-state index in [0.29, 0.717) is 25.8 Å². The smallest absolute Gasteiger partial charge is 0.227 e. The molecule has 34 heavy (non-hydrogen) atoms. The van der Waals surface area contributed by atoms with Crippen LogP contribution in [0.4, 0.5) is 5.69 Å². The molecular weight excluding hydrogens is 424 g/mol. The summed E-state index contributed by atoms with van der Waals surface area (Å²) < 4.78 is 1.84. The molecule has 1 aliphatic rings. The Kier molecular flexibility index (Phi) is 6.21. The highest BCUT2D eigenvalue weighted by Crippen LogP contribution is 2.28. The fraction of sp³-hybridized carbons (Fsp3) is 0.179. The maximum Gasteiger partial charge on any atom is 0.227 e. The van der Waals surface area contributed by atoms with Crippen LogP contribution in [0.5, 0.6) is 0 Å². The molecule has 2 amide bonds. The number of fused-ring (bicyclic) bond motifs is 1. The first-order chi connectivity index (χ1) is 16.7. The average molecular weight is 451 g/mol. The van der Waals surface area contributed by atoms with Gasteiger partial charge in [0.25, 0.3) is 0 Å². The average Bonchev–Trinajstić information content (AvgIpc) is 3.31. The van der Waals surface area contributed by atoms with Gasteiger partial charge in [-0.3, -0.25) is 9.59 Å². The lowest BCUT2D eigenvalue weighted by Crippen LogP contribution is -2.31. The third-order valence-electron chi connectivity index (χ3n) is 6.17. The number of hydrogen-bond donors (Lipinski definition) is 2. The van der Waals surface area contributed by atoms with Crippen LogP contribution in [0.2, 0.25) is 0 Å². The van der Waals surface area contributed by atoms with Gasteiger partial charge < -0.3 is 10.6 Å². The van der Waals surface area contributed by atoms with Crippen molar-refractivity contribution in [3.05, 3.63) is 102 Å². The van der Waals surface area contributed by atoms with Crippen molar-refractivity contribution in [3.63, 3.8) is 0 Å². The van der Waals surface area contributed by atoms with Gasteiger partial charge in [0.05, 0.1) is 11.4 Å². The van der Waals surface area contributed by atoms with Gasteiger partial charge in [-0.15, -0.1) is 0 Å². The standard InChI is InChI=1S/C28H26N4O2/c33-26(16-15-22-17-21-11-7-8-14-25(21)30-28(22)34)29-18-23-19-32(24-12-5-2-6-13-24)31-27(23)20-9-3-1-4-10-20/h1-14,19,22H,15-18H2,(H,29,33)(H,30,34)/t22-/m0/s1. The first-order valence-electron chi connectivity index (χ1n) is 11.5. The molecule has 1 atom stereocenters. The lowest BCUT2D eigenvalue weighted by atomic mass is 9.89. The van der Waals surface area contributed by atoms with E-state index in [4.69, 9.17) is 5.10 Å². The molecule has 0 aliphatic carbocycles. The van der Waals surface area contributed by atoms with Gasteiger partial charge in [-0.25, -0.2) is 4.68 Å². The summed E-state index contributed by atoms with van der Waals surface area (Å²) in [5.41, 5.74) is 5.73. The van der Waals surface area contributed by atoms with Crippen molar-refractivity contribution < 1.29 is 9.59 Å². The van der Waals surface area contributed by atoms with Gasteiger partial charge in [-0.2, -0.15) is 5.10 Å². The van der Waals surface area contributed by atoms with E-state index in [1.165, 1.54) is 0 Å². The van der Waals surface area contributed by atoms with Crippen LogP contribution >= 0.6 is 0 Å². The molecule has 0 saturated heterocycles. The van der Waals surface area contributed by atoms with Crippen molar-refractivity contribution in [2.45, 2.75) is 25.8 Å². The molecule has 3 aromatic carbocycles. The summed E-state index contributed by atoms with van der Waals surface area (Å²) in [6.45, 7) is 0.371. The van der Waals surface area contributed by atoms with E-state index >= 15 is 0 Å². The Morgan fingerprint density at radius 3 is 2.47 bits per heavy atom. The fourth-order valence-corrected chi connectivity index (χ4v) is 4.32. The zero-order chi connectivity index (χ0) is 23.3. The quantitative estimate of drug-likeness (QED) is 0.427. The SMILES string of the molecule is O=C(CC[C@H]1Cc2ccccc2NC1=O)NCc1cn(-c2ccccc2)nc1-c1ccccc1. The molecule has 5 rings (SSSR count). The third-order valence-corrected chi connectivity index (χ3v) is 6.17. The highest BCUT2D eigenvalue weighted by atomic mass is 16.2. The lowest BCUT2D eigenvalue weighted by Gasteiger charge is -2.24. The van der Waals surface area contributed by atoms with E-state index in [9.17, 15) is 9.59 Å². The van der Waals surface area contributed by atoms with Crippen LogP contribution in [-0.2, 0) is 22.6 Å². The molecule has 170 valence electrons. The number of benzene rings is 3. The Labute approximate surface area is 198 Å². The van der Waals surface area contributed by atoms with Gasteiger partial charge in [0.15, 0.2) is 0 Å². The van der Waals surface area contributed by atoms with Gasteiger partial charge in [-0.05, 0) is 36.6 Å². The van der Waals surface area contributed by atoms with E-state index in [2.05, 4.69) is 10.6 Å². The summed E-state index contributed by atoms with van der Waals surface area (Å²) in [7, 11) is 0. The minimum atomic E-state index is -0.193. The number of nitrogens with zero attached hydrogens (tertiary/aromatic N) is 2. The second-order valence-electron chi connectivity index (χ2n) is 8.51. The summed E-state index contributed by atoms with van der Waals surface area (Å²) in [4.78, 5) is 25.1. The molecule has 0 saturated carbocycles. The summed E-state index contributed by atoms with van der Waals surface area (Å²) in [6.07, 6.45) is 3.44. The molecule has 2 N–H and O–H groups in total. The monoisotopic (exact) mass is 450 g/mol. The van der Waals surface area contributed by atoms with Crippen molar-refractivity contribution in [3.8, 4) is 16.9 Å². The molecule has 0 bridgehead atoms. The second kappa shape index (κ2) is 9.75. The zero-order valence-corrected chi connectivity index (χ0v) is 18.8. The van der Waals surface area contributed by atoms with Gasteiger partial charge in [0.2, 0.25) is 11.8 Å². The van der Waals surface area contributed by atoms with Crippen LogP contribution in [0.1, 0.15) is 24.0 Å². The van der Waals surface area contributed by atoms with Crippen LogP contribution in [0.3, 0.4) is 0 Å². The largest absolute Gasteiger partial charge is 0.352 e. The molecule has 1 aromatic heterocycles. The molecule has 1 aliphatic heterocycles.